The first-order valence-electron chi connectivity index (χ1n) is 6.12. The third-order valence-corrected chi connectivity index (χ3v) is 2.75. The minimum absolute atomic E-state index is 0.0577. The Labute approximate surface area is 131 Å². The van der Waals surface area contributed by atoms with Crippen LogP contribution in [0.3, 0.4) is 0 Å². The molecule has 1 aromatic rings. The number of aliphatic hydroxyl groups excluding tert-OH is 1. The van der Waals surface area contributed by atoms with Crippen LogP contribution in [0.1, 0.15) is 6.92 Å². The van der Waals surface area contributed by atoms with Crippen LogP contribution in [-0.4, -0.2) is 28.6 Å². The lowest BCUT2D eigenvalue weighted by Gasteiger charge is -2.06. The van der Waals surface area contributed by atoms with Crippen molar-refractivity contribution in [1.82, 2.24) is 5.32 Å². The standard InChI is InChI=1S/C13H13ClN4O4/c1-8(19)6-16-7-9(5-15)13(20)17-10-2-3-11(14)12(4-10)18(21)22/h2-4,7-8,16,19H,6H2,1H3,(H,17,20)/b9-7-. The number of anilines is 1. The second-order valence-electron chi connectivity index (χ2n) is 4.30. The van der Waals surface area contributed by atoms with E-state index in [0.29, 0.717) is 0 Å². The number of rotatable bonds is 6. The zero-order chi connectivity index (χ0) is 16.7. The van der Waals surface area contributed by atoms with Gasteiger partial charge in [0.15, 0.2) is 0 Å². The zero-order valence-corrected chi connectivity index (χ0v) is 12.3. The Morgan fingerprint density at radius 1 is 1.64 bits per heavy atom. The summed E-state index contributed by atoms with van der Waals surface area (Å²) in [4.78, 5) is 22.0. The van der Waals surface area contributed by atoms with Crippen molar-refractivity contribution in [3.05, 3.63) is 45.1 Å². The van der Waals surface area contributed by atoms with Crippen molar-refractivity contribution in [2.45, 2.75) is 13.0 Å². The molecule has 0 spiro atoms. The second kappa shape index (κ2) is 7.97. The summed E-state index contributed by atoms with van der Waals surface area (Å²) in [5.74, 6) is -0.739. The summed E-state index contributed by atoms with van der Waals surface area (Å²) >= 11 is 5.66. The Morgan fingerprint density at radius 2 is 2.32 bits per heavy atom. The van der Waals surface area contributed by atoms with E-state index in [4.69, 9.17) is 22.0 Å². The first kappa shape index (κ1) is 17.4. The number of nitro groups is 1. The van der Waals surface area contributed by atoms with Crippen molar-refractivity contribution < 1.29 is 14.8 Å². The fraction of sp³-hybridized carbons (Fsp3) is 0.231. The Kier molecular flexibility index (Phi) is 6.31. The molecule has 22 heavy (non-hydrogen) atoms. The van der Waals surface area contributed by atoms with Crippen LogP contribution in [-0.2, 0) is 4.79 Å². The summed E-state index contributed by atoms with van der Waals surface area (Å²) in [5.41, 5.74) is -0.454. The van der Waals surface area contributed by atoms with Gasteiger partial charge in [0, 0.05) is 24.5 Å². The third-order valence-electron chi connectivity index (χ3n) is 2.43. The van der Waals surface area contributed by atoms with Crippen molar-refractivity contribution >= 4 is 28.9 Å². The third kappa shape index (κ3) is 5.05. The van der Waals surface area contributed by atoms with Crippen LogP contribution < -0.4 is 10.6 Å². The molecule has 1 rings (SSSR count). The molecule has 0 aliphatic heterocycles. The number of carbonyl (C=O) groups excluding carboxylic acids is 1. The summed E-state index contributed by atoms with van der Waals surface area (Å²) in [6.45, 7) is 1.71. The van der Waals surface area contributed by atoms with Crippen LogP contribution in [0.2, 0.25) is 5.02 Å². The molecule has 0 aromatic heterocycles. The number of nitro benzene ring substituents is 1. The quantitative estimate of drug-likeness (QED) is 0.315. The van der Waals surface area contributed by atoms with E-state index in [2.05, 4.69) is 10.6 Å². The van der Waals surface area contributed by atoms with Crippen molar-refractivity contribution in [2.24, 2.45) is 0 Å². The predicted molar refractivity (Wildman–Crippen MR) is 80.1 cm³/mol. The lowest BCUT2D eigenvalue weighted by atomic mass is 10.2. The number of nitriles is 1. The van der Waals surface area contributed by atoms with Gasteiger partial charge >= 0.3 is 0 Å². The molecule has 1 atom stereocenters. The smallest absolute Gasteiger partial charge is 0.289 e. The molecule has 8 nitrogen and oxygen atoms in total. The van der Waals surface area contributed by atoms with E-state index >= 15 is 0 Å². The Morgan fingerprint density at radius 3 is 2.86 bits per heavy atom. The van der Waals surface area contributed by atoms with Gasteiger partial charge in [-0.25, -0.2) is 0 Å². The summed E-state index contributed by atoms with van der Waals surface area (Å²) < 4.78 is 0. The monoisotopic (exact) mass is 324 g/mol. The number of hydrogen-bond acceptors (Lipinski definition) is 6. The maximum absolute atomic E-state index is 11.9. The SMILES string of the molecule is CC(O)CN/C=C(/C#N)C(=O)Nc1ccc(Cl)c([N+](=O)[O-])c1. The summed E-state index contributed by atoms with van der Waals surface area (Å²) in [6, 6.07) is 5.44. The number of aliphatic hydroxyl groups is 1. The van der Waals surface area contributed by atoms with Crippen LogP contribution in [0.15, 0.2) is 30.0 Å². The highest BCUT2D eigenvalue weighted by Crippen LogP contribution is 2.27. The van der Waals surface area contributed by atoms with Gasteiger partial charge in [-0.1, -0.05) is 11.6 Å². The van der Waals surface area contributed by atoms with Crippen molar-refractivity contribution in [1.29, 1.82) is 5.26 Å². The Bertz CT molecular complexity index is 652. The first-order chi connectivity index (χ1) is 10.3. The average Bonchev–Trinajstić information content (AvgIpc) is 2.44. The number of nitrogens with zero attached hydrogens (tertiary/aromatic N) is 2. The van der Waals surface area contributed by atoms with Crippen molar-refractivity contribution in [3.8, 4) is 6.07 Å². The second-order valence-corrected chi connectivity index (χ2v) is 4.71. The van der Waals surface area contributed by atoms with E-state index in [0.717, 1.165) is 12.3 Å². The molecule has 0 saturated carbocycles. The van der Waals surface area contributed by atoms with Crippen molar-refractivity contribution in [2.75, 3.05) is 11.9 Å². The van der Waals surface area contributed by atoms with E-state index < -0.39 is 16.9 Å². The average molecular weight is 325 g/mol. The van der Waals surface area contributed by atoms with Crippen LogP contribution in [0, 0.1) is 21.4 Å². The Balaban J connectivity index is 2.85. The van der Waals surface area contributed by atoms with Crippen LogP contribution in [0.4, 0.5) is 11.4 Å². The molecule has 116 valence electrons. The van der Waals surface area contributed by atoms with Gasteiger partial charge in [-0.2, -0.15) is 5.26 Å². The minimum atomic E-state index is -0.739. The van der Waals surface area contributed by atoms with Gasteiger partial charge < -0.3 is 15.7 Å². The van der Waals surface area contributed by atoms with Gasteiger partial charge in [-0.3, -0.25) is 14.9 Å². The lowest BCUT2D eigenvalue weighted by molar-refractivity contribution is -0.384. The lowest BCUT2D eigenvalue weighted by Crippen LogP contribution is -2.22. The van der Waals surface area contributed by atoms with E-state index in [1.165, 1.54) is 12.1 Å². The molecule has 0 aliphatic carbocycles. The molecular weight excluding hydrogens is 312 g/mol. The number of carbonyl (C=O) groups is 1. The van der Waals surface area contributed by atoms with Gasteiger partial charge in [-0.05, 0) is 19.1 Å². The van der Waals surface area contributed by atoms with Crippen molar-refractivity contribution in [3.63, 3.8) is 0 Å². The van der Waals surface area contributed by atoms with E-state index in [9.17, 15) is 14.9 Å². The highest BCUT2D eigenvalue weighted by Gasteiger charge is 2.15. The number of amides is 1. The highest BCUT2D eigenvalue weighted by atomic mass is 35.5. The first-order valence-corrected chi connectivity index (χ1v) is 6.50. The number of halogens is 1. The van der Waals surface area contributed by atoms with Crippen LogP contribution >= 0.6 is 11.6 Å². The Hall–Kier alpha value is -2.63. The maximum atomic E-state index is 11.9. The van der Waals surface area contributed by atoms with E-state index in [-0.39, 0.29) is 28.5 Å². The van der Waals surface area contributed by atoms with Gasteiger partial charge in [0.2, 0.25) is 0 Å². The van der Waals surface area contributed by atoms with Gasteiger partial charge in [0.25, 0.3) is 11.6 Å². The normalized spacial score (nSPS) is 12.2. The maximum Gasteiger partial charge on any atom is 0.289 e. The van der Waals surface area contributed by atoms with Gasteiger partial charge in [0.05, 0.1) is 11.0 Å². The summed E-state index contributed by atoms with van der Waals surface area (Å²) in [5, 5.41) is 33.7. The van der Waals surface area contributed by atoms with Crippen LogP contribution in [0.25, 0.3) is 0 Å². The van der Waals surface area contributed by atoms with Gasteiger partial charge in [-0.15, -0.1) is 0 Å². The molecule has 0 bridgehead atoms. The zero-order valence-electron chi connectivity index (χ0n) is 11.5. The topological polar surface area (TPSA) is 128 Å². The molecule has 1 amide bonds. The number of hydrogen-bond donors (Lipinski definition) is 3. The molecule has 1 aromatic carbocycles. The summed E-state index contributed by atoms with van der Waals surface area (Å²) in [7, 11) is 0. The highest BCUT2D eigenvalue weighted by molar-refractivity contribution is 6.32. The largest absolute Gasteiger partial charge is 0.392 e. The van der Waals surface area contributed by atoms with Crippen LogP contribution in [0.5, 0.6) is 0 Å². The minimum Gasteiger partial charge on any atom is -0.392 e. The fourth-order valence-corrected chi connectivity index (χ4v) is 1.60. The fourth-order valence-electron chi connectivity index (χ4n) is 1.41. The summed E-state index contributed by atoms with van der Waals surface area (Å²) in [6.07, 6.45) is 0.519. The number of benzene rings is 1. The van der Waals surface area contributed by atoms with Gasteiger partial charge in [0.1, 0.15) is 16.7 Å². The molecule has 0 heterocycles. The molecular formula is C13H13ClN4O4. The molecule has 9 heteroatoms. The molecule has 0 fully saturated rings. The molecule has 0 radical (unpaired) electrons. The predicted octanol–water partition coefficient (Wildman–Crippen LogP) is 1.56. The molecule has 1 unspecified atom stereocenters. The molecule has 0 saturated heterocycles. The molecule has 3 N–H and O–H groups in total. The van der Waals surface area contributed by atoms with E-state index in [1.54, 1.807) is 13.0 Å². The van der Waals surface area contributed by atoms with E-state index in [1.807, 2.05) is 0 Å². The molecule has 0 aliphatic rings. The number of nitrogens with one attached hydrogen (secondary N) is 2.